The van der Waals surface area contributed by atoms with Crippen molar-refractivity contribution in [2.45, 2.75) is 26.7 Å². The van der Waals surface area contributed by atoms with Gasteiger partial charge in [0.2, 0.25) is 0 Å². The fourth-order valence-electron chi connectivity index (χ4n) is 1.70. The van der Waals surface area contributed by atoms with Gasteiger partial charge in [0.05, 0.1) is 19.6 Å². The Balaban J connectivity index is 2.13. The van der Waals surface area contributed by atoms with Crippen LogP contribution in [-0.2, 0) is 16.0 Å². The van der Waals surface area contributed by atoms with Crippen LogP contribution >= 0.6 is 0 Å². The minimum absolute atomic E-state index is 0.143. The molecule has 0 aliphatic heterocycles. The molecule has 0 unspecified atom stereocenters. The van der Waals surface area contributed by atoms with Crippen molar-refractivity contribution < 1.29 is 14.3 Å². The van der Waals surface area contributed by atoms with Gasteiger partial charge in [-0.2, -0.15) is 0 Å². The van der Waals surface area contributed by atoms with Crippen LogP contribution in [0.4, 0.5) is 0 Å². The summed E-state index contributed by atoms with van der Waals surface area (Å²) in [5.74, 6) is 0.762. The van der Waals surface area contributed by atoms with Gasteiger partial charge < -0.3 is 14.8 Å². The Bertz CT molecular complexity index is 362. The monoisotopic (exact) mass is 265 g/mol. The molecule has 0 heterocycles. The first-order chi connectivity index (χ1) is 9.26. The third-order valence-electron chi connectivity index (χ3n) is 2.64. The van der Waals surface area contributed by atoms with Crippen molar-refractivity contribution in [1.82, 2.24) is 5.32 Å². The van der Waals surface area contributed by atoms with Crippen LogP contribution < -0.4 is 10.1 Å². The Morgan fingerprint density at radius 2 is 1.84 bits per heavy atom. The van der Waals surface area contributed by atoms with E-state index in [1.165, 1.54) is 5.56 Å². The Morgan fingerprint density at radius 3 is 2.47 bits per heavy atom. The predicted octanol–water partition coefficient (Wildman–Crippen LogP) is 2.17. The van der Waals surface area contributed by atoms with Crippen LogP contribution in [0.15, 0.2) is 24.3 Å². The molecule has 0 saturated heterocycles. The third-order valence-corrected chi connectivity index (χ3v) is 2.64. The van der Waals surface area contributed by atoms with Gasteiger partial charge in [-0.05, 0) is 44.5 Å². The lowest BCUT2D eigenvalue weighted by molar-refractivity contribution is -0.142. The molecule has 0 saturated carbocycles. The molecule has 0 radical (unpaired) electrons. The number of ether oxygens (including phenoxy) is 2. The van der Waals surface area contributed by atoms with Gasteiger partial charge >= 0.3 is 5.97 Å². The second-order valence-electron chi connectivity index (χ2n) is 4.13. The van der Waals surface area contributed by atoms with E-state index < -0.39 is 0 Å². The summed E-state index contributed by atoms with van der Waals surface area (Å²) in [4.78, 5) is 11.1. The molecule has 0 spiro atoms. The molecule has 19 heavy (non-hydrogen) atoms. The van der Waals surface area contributed by atoms with Crippen molar-refractivity contribution in [2.24, 2.45) is 0 Å². The van der Waals surface area contributed by atoms with E-state index in [1.54, 1.807) is 0 Å². The van der Waals surface area contributed by atoms with Crippen LogP contribution in [0, 0.1) is 0 Å². The van der Waals surface area contributed by atoms with Gasteiger partial charge in [0.15, 0.2) is 0 Å². The highest BCUT2D eigenvalue weighted by Crippen LogP contribution is 2.12. The minimum atomic E-state index is -0.143. The molecule has 0 amide bonds. The van der Waals surface area contributed by atoms with E-state index in [2.05, 4.69) is 17.4 Å². The summed E-state index contributed by atoms with van der Waals surface area (Å²) in [7, 11) is 0. The van der Waals surface area contributed by atoms with Crippen LogP contribution in [0.1, 0.15) is 25.8 Å². The fourth-order valence-corrected chi connectivity index (χ4v) is 1.70. The average molecular weight is 265 g/mol. The lowest BCUT2D eigenvalue weighted by Gasteiger charge is -2.06. The topological polar surface area (TPSA) is 47.6 Å². The third kappa shape index (κ3) is 6.82. The Kier molecular flexibility index (Phi) is 7.66. The van der Waals surface area contributed by atoms with Crippen LogP contribution in [0.3, 0.4) is 0 Å². The van der Waals surface area contributed by atoms with E-state index in [-0.39, 0.29) is 5.97 Å². The smallest absolute Gasteiger partial charge is 0.307 e. The first-order valence-electron chi connectivity index (χ1n) is 6.84. The Hall–Kier alpha value is -1.55. The van der Waals surface area contributed by atoms with Crippen molar-refractivity contribution in [3.8, 4) is 5.75 Å². The number of carbonyl (C=O) groups excluding carboxylic acids is 1. The number of benzene rings is 1. The molecule has 0 fully saturated rings. The molecule has 0 bridgehead atoms. The summed E-state index contributed by atoms with van der Waals surface area (Å²) in [6, 6.07) is 8.10. The largest absolute Gasteiger partial charge is 0.494 e. The van der Waals surface area contributed by atoms with Gasteiger partial charge in [0, 0.05) is 6.54 Å². The zero-order chi connectivity index (χ0) is 13.9. The molecule has 1 aromatic rings. The zero-order valence-electron chi connectivity index (χ0n) is 11.8. The van der Waals surface area contributed by atoms with Gasteiger partial charge in [-0.1, -0.05) is 12.1 Å². The maximum absolute atomic E-state index is 11.1. The summed E-state index contributed by atoms with van der Waals surface area (Å²) in [6.45, 7) is 6.45. The van der Waals surface area contributed by atoms with E-state index in [4.69, 9.17) is 9.47 Å². The van der Waals surface area contributed by atoms with Crippen LogP contribution in [0.2, 0.25) is 0 Å². The number of carbonyl (C=O) groups is 1. The van der Waals surface area contributed by atoms with Gasteiger partial charge in [-0.25, -0.2) is 0 Å². The highest BCUT2D eigenvalue weighted by atomic mass is 16.5. The summed E-state index contributed by atoms with van der Waals surface area (Å²) in [5, 5.41) is 3.23. The Labute approximate surface area is 115 Å². The number of nitrogens with one attached hydrogen (secondary N) is 1. The van der Waals surface area contributed by atoms with Crippen molar-refractivity contribution >= 4 is 5.97 Å². The number of hydrogen-bond donors (Lipinski definition) is 1. The highest BCUT2D eigenvalue weighted by Gasteiger charge is 2.00. The normalized spacial score (nSPS) is 10.2. The first kappa shape index (κ1) is 15.5. The highest BCUT2D eigenvalue weighted by molar-refractivity contribution is 5.69. The molecule has 0 aliphatic rings. The molecule has 0 atom stereocenters. The first-order valence-corrected chi connectivity index (χ1v) is 6.84. The van der Waals surface area contributed by atoms with E-state index in [0.29, 0.717) is 26.2 Å². The van der Waals surface area contributed by atoms with E-state index in [9.17, 15) is 4.79 Å². The van der Waals surface area contributed by atoms with E-state index in [0.717, 1.165) is 18.7 Å². The van der Waals surface area contributed by atoms with Gasteiger partial charge in [-0.3, -0.25) is 4.79 Å². The Morgan fingerprint density at radius 1 is 1.11 bits per heavy atom. The molecule has 4 heteroatoms. The summed E-state index contributed by atoms with van der Waals surface area (Å²) in [6.07, 6.45) is 1.37. The minimum Gasteiger partial charge on any atom is -0.494 e. The van der Waals surface area contributed by atoms with Crippen molar-refractivity contribution in [3.05, 3.63) is 29.8 Å². The number of esters is 1. The fraction of sp³-hybridized carbons (Fsp3) is 0.533. The summed E-state index contributed by atoms with van der Waals surface area (Å²) >= 11 is 0. The average Bonchev–Trinajstić information content (AvgIpc) is 2.41. The molecule has 0 aromatic heterocycles. The number of rotatable bonds is 9. The van der Waals surface area contributed by atoms with Gasteiger partial charge in [0.1, 0.15) is 5.75 Å². The van der Waals surface area contributed by atoms with Crippen molar-refractivity contribution in [1.29, 1.82) is 0 Å². The predicted molar refractivity (Wildman–Crippen MR) is 75.4 cm³/mol. The van der Waals surface area contributed by atoms with Crippen LogP contribution in [0.5, 0.6) is 5.75 Å². The molecule has 0 aliphatic carbocycles. The second kappa shape index (κ2) is 9.39. The SMILES string of the molecule is CCOC(=O)CCNCCc1ccc(OCC)cc1. The lowest BCUT2D eigenvalue weighted by Crippen LogP contribution is -2.21. The standard InChI is InChI=1S/C15H23NO3/c1-3-18-14-7-5-13(6-8-14)9-11-16-12-10-15(17)19-4-2/h5-8,16H,3-4,9-12H2,1-2H3. The molecule has 1 aromatic carbocycles. The zero-order valence-corrected chi connectivity index (χ0v) is 11.8. The molecule has 4 nitrogen and oxygen atoms in total. The van der Waals surface area contributed by atoms with Gasteiger partial charge in [-0.15, -0.1) is 0 Å². The molecule has 1 N–H and O–H groups in total. The second-order valence-corrected chi connectivity index (χ2v) is 4.13. The van der Waals surface area contributed by atoms with Crippen LogP contribution in [-0.4, -0.2) is 32.3 Å². The quantitative estimate of drug-likeness (QED) is 0.549. The molecule has 106 valence electrons. The van der Waals surface area contributed by atoms with Gasteiger partial charge in [0.25, 0.3) is 0 Å². The summed E-state index contributed by atoms with van der Waals surface area (Å²) in [5.41, 5.74) is 1.26. The summed E-state index contributed by atoms with van der Waals surface area (Å²) < 4.78 is 10.2. The molecular formula is C15H23NO3. The maximum Gasteiger partial charge on any atom is 0.307 e. The van der Waals surface area contributed by atoms with Crippen molar-refractivity contribution in [3.63, 3.8) is 0 Å². The molecule has 1 rings (SSSR count). The lowest BCUT2D eigenvalue weighted by atomic mass is 10.1. The molecular weight excluding hydrogens is 242 g/mol. The van der Waals surface area contributed by atoms with E-state index >= 15 is 0 Å². The van der Waals surface area contributed by atoms with Crippen molar-refractivity contribution in [2.75, 3.05) is 26.3 Å². The van der Waals surface area contributed by atoms with Crippen LogP contribution in [0.25, 0.3) is 0 Å². The van der Waals surface area contributed by atoms with E-state index in [1.807, 2.05) is 26.0 Å². The number of hydrogen-bond acceptors (Lipinski definition) is 4. The maximum atomic E-state index is 11.1.